The van der Waals surface area contributed by atoms with Crippen molar-refractivity contribution in [1.29, 1.82) is 0 Å². The molecule has 2 aromatic heterocycles. The van der Waals surface area contributed by atoms with Gasteiger partial charge in [0.25, 0.3) is 0 Å². The van der Waals surface area contributed by atoms with Gasteiger partial charge in [0, 0.05) is 37.8 Å². The lowest BCUT2D eigenvalue weighted by Crippen LogP contribution is -2.37. The van der Waals surface area contributed by atoms with Gasteiger partial charge < -0.3 is 25.4 Å². The standard InChI is InChI=1S/C27H35ClN6O3/c1-37-17-16-34(14-3-2-7-20-11-10-19-6-5-13-29-25(19)32-20)15-12-23(27(35)36)33-26-21-8-4-9-22(28)24(21)30-18-31-26/h4,8-11,18,23H,2-3,5-7,12-17H2,1H3,(H,29,32)(H,35,36)(H,30,31,33)/t23-/m0/s1. The van der Waals surface area contributed by atoms with Crippen molar-refractivity contribution in [2.24, 2.45) is 0 Å². The van der Waals surface area contributed by atoms with E-state index in [4.69, 9.17) is 21.3 Å². The topological polar surface area (TPSA) is 113 Å². The zero-order valence-electron chi connectivity index (χ0n) is 21.3. The number of anilines is 2. The van der Waals surface area contributed by atoms with Gasteiger partial charge in [-0.05, 0) is 68.8 Å². The molecule has 0 saturated carbocycles. The first kappa shape index (κ1) is 27.0. The SMILES string of the molecule is COCCN(CCCCc1ccc2c(n1)NCCC2)CC[C@H](Nc1ncnc2c(Cl)cccc12)C(=O)O. The van der Waals surface area contributed by atoms with Gasteiger partial charge in [0.05, 0.1) is 17.1 Å². The normalized spacial score (nSPS) is 13.8. The second-order valence-corrected chi connectivity index (χ2v) is 9.72. The lowest BCUT2D eigenvalue weighted by molar-refractivity contribution is -0.138. The van der Waals surface area contributed by atoms with Gasteiger partial charge in [0.2, 0.25) is 0 Å². The van der Waals surface area contributed by atoms with Crippen LogP contribution in [0.4, 0.5) is 11.6 Å². The summed E-state index contributed by atoms with van der Waals surface area (Å²) < 4.78 is 5.29. The maximum Gasteiger partial charge on any atom is 0.326 e. The van der Waals surface area contributed by atoms with Crippen molar-refractivity contribution >= 4 is 40.1 Å². The Morgan fingerprint density at radius 2 is 2.11 bits per heavy atom. The molecule has 3 aromatic rings. The van der Waals surface area contributed by atoms with E-state index in [9.17, 15) is 9.90 Å². The van der Waals surface area contributed by atoms with Crippen LogP contribution < -0.4 is 10.6 Å². The molecule has 198 valence electrons. The minimum absolute atomic E-state index is 0.420. The number of carbonyl (C=O) groups is 1. The number of benzene rings is 1. The third kappa shape index (κ3) is 7.50. The van der Waals surface area contributed by atoms with Crippen LogP contribution in [0.25, 0.3) is 10.9 Å². The summed E-state index contributed by atoms with van der Waals surface area (Å²) in [6.45, 7) is 3.82. The molecular weight excluding hydrogens is 492 g/mol. The Balaban J connectivity index is 1.31. The molecule has 0 radical (unpaired) electrons. The molecule has 10 heteroatoms. The zero-order valence-corrected chi connectivity index (χ0v) is 22.0. The van der Waals surface area contributed by atoms with E-state index in [-0.39, 0.29) is 0 Å². The van der Waals surface area contributed by atoms with Crippen molar-refractivity contribution in [2.75, 3.05) is 50.5 Å². The third-order valence-corrected chi connectivity index (χ3v) is 6.98. The molecule has 0 fully saturated rings. The molecule has 1 aromatic carbocycles. The van der Waals surface area contributed by atoms with Crippen molar-refractivity contribution in [1.82, 2.24) is 19.9 Å². The molecule has 0 unspecified atom stereocenters. The number of halogens is 1. The molecule has 0 aliphatic carbocycles. The minimum atomic E-state index is -0.924. The highest BCUT2D eigenvalue weighted by atomic mass is 35.5. The Morgan fingerprint density at radius 3 is 2.95 bits per heavy atom. The molecule has 9 nitrogen and oxygen atoms in total. The number of carboxylic acids is 1. The number of nitrogens with zero attached hydrogens (tertiary/aromatic N) is 4. The number of carboxylic acid groups (broad SMARTS) is 1. The van der Waals surface area contributed by atoms with Crippen LogP contribution in [0, 0.1) is 0 Å². The zero-order chi connectivity index (χ0) is 26.0. The number of aromatic nitrogens is 3. The fraction of sp³-hybridized carbons (Fsp3) is 0.481. The van der Waals surface area contributed by atoms with E-state index in [0.29, 0.717) is 41.3 Å². The van der Waals surface area contributed by atoms with Gasteiger partial charge in [-0.2, -0.15) is 0 Å². The van der Waals surface area contributed by atoms with Crippen LogP contribution in [0.1, 0.15) is 36.9 Å². The Morgan fingerprint density at radius 1 is 1.22 bits per heavy atom. The predicted molar refractivity (Wildman–Crippen MR) is 147 cm³/mol. The molecule has 0 amide bonds. The van der Waals surface area contributed by atoms with Gasteiger partial charge in [-0.3, -0.25) is 0 Å². The van der Waals surface area contributed by atoms with E-state index in [1.165, 1.54) is 11.9 Å². The number of fused-ring (bicyclic) bond motifs is 2. The quantitative estimate of drug-likeness (QED) is 0.265. The van der Waals surface area contributed by atoms with Crippen LogP contribution >= 0.6 is 11.6 Å². The van der Waals surface area contributed by atoms with Gasteiger partial charge in [0.15, 0.2) is 0 Å². The summed E-state index contributed by atoms with van der Waals surface area (Å²) in [4.78, 5) is 27.6. The summed E-state index contributed by atoms with van der Waals surface area (Å²) in [6, 6.07) is 8.93. The molecule has 3 heterocycles. The van der Waals surface area contributed by atoms with Gasteiger partial charge >= 0.3 is 5.97 Å². The van der Waals surface area contributed by atoms with Crippen molar-refractivity contribution in [3.05, 3.63) is 52.9 Å². The fourth-order valence-corrected chi connectivity index (χ4v) is 4.83. The highest BCUT2D eigenvalue weighted by Crippen LogP contribution is 2.26. The molecular formula is C27H35ClN6O3. The Hall–Kier alpha value is -3.01. The van der Waals surface area contributed by atoms with Gasteiger partial charge in [-0.15, -0.1) is 0 Å². The van der Waals surface area contributed by atoms with Crippen LogP contribution in [-0.4, -0.2) is 76.9 Å². The smallest absolute Gasteiger partial charge is 0.326 e. The number of methoxy groups -OCH3 is 1. The lowest BCUT2D eigenvalue weighted by Gasteiger charge is -2.24. The molecule has 0 bridgehead atoms. The number of aryl methyl sites for hydroxylation is 2. The number of unbranched alkanes of at least 4 members (excludes halogenated alkanes) is 1. The largest absolute Gasteiger partial charge is 0.480 e. The van der Waals surface area contributed by atoms with Crippen LogP contribution in [0.15, 0.2) is 36.7 Å². The van der Waals surface area contributed by atoms with E-state index in [1.807, 2.05) is 6.07 Å². The highest BCUT2D eigenvalue weighted by molar-refractivity contribution is 6.35. The summed E-state index contributed by atoms with van der Waals surface area (Å²) in [5.74, 6) is 0.583. The summed E-state index contributed by atoms with van der Waals surface area (Å²) in [5.41, 5.74) is 3.01. The van der Waals surface area contributed by atoms with Crippen molar-refractivity contribution in [2.45, 2.75) is 44.6 Å². The monoisotopic (exact) mass is 526 g/mol. The Bertz CT molecular complexity index is 1190. The van der Waals surface area contributed by atoms with E-state index in [2.05, 4.69) is 37.6 Å². The number of hydrogen-bond acceptors (Lipinski definition) is 8. The Kier molecular flexibility index (Phi) is 9.87. The lowest BCUT2D eigenvalue weighted by atomic mass is 10.1. The summed E-state index contributed by atoms with van der Waals surface area (Å²) >= 11 is 6.25. The molecule has 37 heavy (non-hydrogen) atoms. The van der Waals surface area contributed by atoms with E-state index >= 15 is 0 Å². The summed E-state index contributed by atoms with van der Waals surface area (Å²) in [6.07, 6.45) is 7.01. The Labute approximate surface area is 222 Å². The number of ether oxygens (including phenoxy) is 1. The van der Waals surface area contributed by atoms with Crippen molar-refractivity contribution in [3.8, 4) is 0 Å². The molecule has 1 atom stereocenters. The van der Waals surface area contributed by atoms with Crippen LogP contribution in [0.5, 0.6) is 0 Å². The fourth-order valence-electron chi connectivity index (χ4n) is 4.61. The minimum Gasteiger partial charge on any atom is -0.480 e. The van der Waals surface area contributed by atoms with E-state index < -0.39 is 12.0 Å². The van der Waals surface area contributed by atoms with Crippen LogP contribution in [-0.2, 0) is 22.4 Å². The molecule has 3 N–H and O–H groups in total. The highest BCUT2D eigenvalue weighted by Gasteiger charge is 2.21. The number of nitrogens with one attached hydrogen (secondary N) is 2. The summed E-state index contributed by atoms with van der Waals surface area (Å²) in [5, 5.41) is 17.6. The van der Waals surface area contributed by atoms with Gasteiger partial charge in [0.1, 0.15) is 24.0 Å². The number of para-hydroxylation sites is 1. The second-order valence-electron chi connectivity index (χ2n) is 9.31. The molecule has 4 rings (SSSR count). The first-order valence-electron chi connectivity index (χ1n) is 12.9. The maximum absolute atomic E-state index is 12.1. The average Bonchev–Trinajstić information content (AvgIpc) is 2.91. The first-order chi connectivity index (χ1) is 18.0. The molecule has 1 aliphatic rings. The van der Waals surface area contributed by atoms with E-state index in [1.54, 1.807) is 19.2 Å². The van der Waals surface area contributed by atoms with Crippen LogP contribution in [0.2, 0.25) is 5.02 Å². The molecule has 1 aliphatic heterocycles. The number of aliphatic carboxylic acids is 1. The summed E-state index contributed by atoms with van der Waals surface area (Å²) in [7, 11) is 1.68. The van der Waals surface area contributed by atoms with Crippen LogP contribution in [0.3, 0.4) is 0 Å². The number of rotatable bonds is 14. The molecule has 0 saturated heterocycles. The maximum atomic E-state index is 12.1. The van der Waals surface area contributed by atoms with Crippen molar-refractivity contribution < 1.29 is 14.6 Å². The molecule has 0 spiro atoms. The average molecular weight is 527 g/mol. The number of hydrogen-bond donors (Lipinski definition) is 3. The van der Waals surface area contributed by atoms with Gasteiger partial charge in [-0.1, -0.05) is 23.7 Å². The second kappa shape index (κ2) is 13.5. The van der Waals surface area contributed by atoms with E-state index in [0.717, 1.165) is 63.3 Å². The first-order valence-corrected chi connectivity index (χ1v) is 13.3. The third-order valence-electron chi connectivity index (χ3n) is 6.68. The van der Waals surface area contributed by atoms with Gasteiger partial charge in [-0.25, -0.2) is 19.7 Å². The number of pyridine rings is 1. The predicted octanol–water partition coefficient (Wildman–Crippen LogP) is 4.26. The van der Waals surface area contributed by atoms with Crippen molar-refractivity contribution in [3.63, 3.8) is 0 Å².